The summed E-state index contributed by atoms with van der Waals surface area (Å²) in [6, 6.07) is 7.60. The van der Waals surface area contributed by atoms with Gasteiger partial charge in [0.2, 0.25) is 0 Å². The SMILES string of the molecule is CC(C)Cc1nc2c(c(-c3ccc4c(c3)OCC(=O)N4Cc3ccc(F)cn3)c1C(N)=O)C(=O)NC2C. The highest BCUT2D eigenvalue weighted by Gasteiger charge is 2.36. The number of rotatable bonds is 6. The first kappa shape index (κ1) is 24.4. The average molecular weight is 504 g/mol. The standard InChI is InChI=1S/C27H26FN5O4/c1-13(2)8-18-23(26(29)35)22(24-25(32-18)14(3)31-27(24)36)15-4-7-19-20(9-15)37-12-21(34)33(19)11-17-6-5-16(28)10-30-17/h4-7,9-10,13-14H,8,11-12H2,1-3H3,(H2,29,35)(H,31,36). The zero-order chi connectivity index (χ0) is 26.4. The maximum Gasteiger partial charge on any atom is 0.265 e. The van der Waals surface area contributed by atoms with Gasteiger partial charge in [0, 0.05) is 5.56 Å². The molecular formula is C27H26FN5O4. The van der Waals surface area contributed by atoms with Crippen LogP contribution in [0, 0.1) is 11.7 Å². The molecule has 0 spiro atoms. The summed E-state index contributed by atoms with van der Waals surface area (Å²) in [4.78, 5) is 48.6. The van der Waals surface area contributed by atoms with Crippen LogP contribution in [0.2, 0.25) is 0 Å². The van der Waals surface area contributed by atoms with Crippen LogP contribution >= 0.6 is 0 Å². The number of amides is 3. The highest BCUT2D eigenvalue weighted by Crippen LogP contribution is 2.42. The van der Waals surface area contributed by atoms with Gasteiger partial charge in [0.15, 0.2) is 6.61 Å². The Morgan fingerprint density at radius 2 is 2.03 bits per heavy atom. The average Bonchev–Trinajstić information content (AvgIpc) is 3.13. The topological polar surface area (TPSA) is 128 Å². The maximum absolute atomic E-state index is 13.3. The summed E-state index contributed by atoms with van der Waals surface area (Å²) in [5.41, 5.74) is 9.44. The lowest BCUT2D eigenvalue weighted by atomic mass is 9.89. The number of hydrogen-bond acceptors (Lipinski definition) is 6. The molecule has 5 rings (SSSR count). The summed E-state index contributed by atoms with van der Waals surface area (Å²) in [7, 11) is 0. The largest absolute Gasteiger partial charge is 0.482 e. The van der Waals surface area contributed by atoms with E-state index in [1.54, 1.807) is 18.2 Å². The number of fused-ring (bicyclic) bond motifs is 2. The van der Waals surface area contributed by atoms with E-state index in [1.165, 1.54) is 17.0 Å². The predicted octanol–water partition coefficient (Wildman–Crippen LogP) is 3.31. The van der Waals surface area contributed by atoms with Gasteiger partial charge in [0.05, 0.1) is 52.7 Å². The van der Waals surface area contributed by atoms with Crippen LogP contribution in [-0.4, -0.2) is 34.3 Å². The number of nitrogens with one attached hydrogen (secondary N) is 1. The van der Waals surface area contributed by atoms with Crippen LogP contribution in [0.15, 0.2) is 36.5 Å². The molecule has 190 valence electrons. The van der Waals surface area contributed by atoms with Crippen molar-refractivity contribution in [1.29, 1.82) is 0 Å². The number of anilines is 1. The van der Waals surface area contributed by atoms with Gasteiger partial charge in [0.25, 0.3) is 17.7 Å². The lowest BCUT2D eigenvalue weighted by molar-refractivity contribution is -0.121. The van der Waals surface area contributed by atoms with Crippen molar-refractivity contribution >= 4 is 23.4 Å². The first-order chi connectivity index (χ1) is 17.6. The number of benzene rings is 1. The van der Waals surface area contributed by atoms with Gasteiger partial charge in [-0.25, -0.2) is 4.39 Å². The summed E-state index contributed by atoms with van der Waals surface area (Å²) < 4.78 is 19.0. The molecule has 0 bridgehead atoms. The fourth-order valence-electron chi connectivity index (χ4n) is 4.82. The monoisotopic (exact) mass is 503 g/mol. The van der Waals surface area contributed by atoms with Crippen LogP contribution < -0.4 is 20.7 Å². The molecule has 3 amide bonds. The quantitative estimate of drug-likeness (QED) is 0.531. The van der Waals surface area contributed by atoms with E-state index in [2.05, 4.69) is 10.3 Å². The van der Waals surface area contributed by atoms with Gasteiger partial charge in [-0.05, 0) is 49.1 Å². The molecule has 3 aromatic rings. The van der Waals surface area contributed by atoms with Crippen molar-refractivity contribution in [2.24, 2.45) is 11.7 Å². The molecule has 0 aliphatic carbocycles. The third-order valence-corrected chi connectivity index (χ3v) is 6.43. The lowest BCUT2D eigenvalue weighted by Gasteiger charge is -2.29. The molecular weight excluding hydrogens is 477 g/mol. The molecule has 2 aliphatic rings. The smallest absolute Gasteiger partial charge is 0.265 e. The number of nitrogens with zero attached hydrogens (tertiary/aromatic N) is 3. The highest BCUT2D eigenvalue weighted by molar-refractivity contribution is 6.11. The minimum Gasteiger partial charge on any atom is -0.482 e. The van der Waals surface area contributed by atoms with E-state index >= 15 is 0 Å². The van der Waals surface area contributed by atoms with E-state index in [0.717, 1.165) is 6.20 Å². The first-order valence-electron chi connectivity index (χ1n) is 12.0. The van der Waals surface area contributed by atoms with E-state index in [0.29, 0.717) is 51.6 Å². The van der Waals surface area contributed by atoms with Crippen molar-refractivity contribution in [2.45, 2.75) is 39.8 Å². The zero-order valence-electron chi connectivity index (χ0n) is 20.7. The van der Waals surface area contributed by atoms with E-state index in [-0.39, 0.29) is 42.5 Å². The second-order valence-electron chi connectivity index (χ2n) is 9.64. The summed E-state index contributed by atoms with van der Waals surface area (Å²) in [6.45, 7) is 5.79. The van der Waals surface area contributed by atoms with Crippen molar-refractivity contribution in [2.75, 3.05) is 11.5 Å². The molecule has 2 aliphatic heterocycles. The normalized spacial score (nSPS) is 16.4. The van der Waals surface area contributed by atoms with Crippen LogP contribution in [0.4, 0.5) is 10.1 Å². The van der Waals surface area contributed by atoms with Gasteiger partial charge in [-0.2, -0.15) is 0 Å². The van der Waals surface area contributed by atoms with Gasteiger partial charge in [0.1, 0.15) is 11.6 Å². The van der Waals surface area contributed by atoms with Gasteiger partial charge in [-0.1, -0.05) is 19.9 Å². The predicted molar refractivity (Wildman–Crippen MR) is 133 cm³/mol. The van der Waals surface area contributed by atoms with Gasteiger partial charge in [-0.3, -0.25) is 29.3 Å². The second-order valence-corrected chi connectivity index (χ2v) is 9.64. The molecule has 1 atom stereocenters. The number of carbonyl (C=O) groups excluding carboxylic acids is 3. The van der Waals surface area contributed by atoms with Gasteiger partial charge < -0.3 is 15.8 Å². The summed E-state index contributed by atoms with van der Waals surface area (Å²) in [5, 5.41) is 2.87. The third kappa shape index (κ3) is 4.39. The van der Waals surface area contributed by atoms with E-state index in [1.807, 2.05) is 20.8 Å². The number of halogens is 1. The molecule has 0 fully saturated rings. The molecule has 1 unspecified atom stereocenters. The molecule has 0 saturated carbocycles. The lowest BCUT2D eigenvalue weighted by Crippen LogP contribution is -2.38. The summed E-state index contributed by atoms with van der Waals surface area (Å²) in [6.07, 6.45) is 1.61. The third-order valence-electron chi connectivity index (χ3n) is 6.43. The van der Waals surface area contributed by atoms with Crippen molar-refractivity contribution in [3.05, 3.63) is 70.6 Å². The maximum atomic E-state index is 13.3. The Morgan fingerprint density at radius 1 is 1.24 bits per heavy atom. The molecule has 4 heterocycles. The number of nitrogens with two attached hydrogens (primary N) is 1. The number of carbonyl (C=O) groups is 3. The number of hydrogen-bond donors (Lipinski definition) is 2. The summed E-state index contributed by atoms with van der Waals surface area (Å²) in [5.74, 6) is -1.15. The molecule has 2 aromatic heterocycles. The van der Waals surface area contributed by atoms with E-state index in [4.69, 9.17) is 15.5 Å². The Balaban J connectivity index is 1.65. The van der Waals surface area contributed by atoms with Crippen molar-refractivity contribution in [3.8, 4) is 16.9 Å². The van der Waals surface area contributed by atoms with Crippen LogP contribution in [0.25, 0.3) is 11.1 Å². The Hall–Kier alpha value is -4.34. The van der Waals surface area contributed by atoms with Crippen LogP contribution in [0.3, 0.4) is 0 Å². The second kappa shape index (κ2) is 9.27. The molecule has 1 aromatic carbocycles. The number of ether oxygens (including phenoxy) is 1. The van der Waals surface area contributed by atoms with Gasteiger partial charge in [-0.15, -0.1) is 0 Å². The molecule has 9 nitrogen and oxygen atoms in total. The molecule has 3 N–H and O–H groups in total. The fraction of sp³-hybridized carbons (Fsp3) is 0.296. The van der Waals surface area contributed by atoms with Crippen molar-refractivity contribution in [1.82, 2.24) is 15.3 Å². The van der Waals surface area contributed by atoms with E-state index < -0.39 is 11.7 Å². The minimum atomic E-state index is -0.675. The highest BCUT2D eigenvalue weighted by atomic mass is 19.1. The zero-order valence-corrected chi connectivity index (χ0v) is 20.7. The van der Waals surface area contributed by atoms with Crippen molar-refractivity contribution in [3.63, 3.8) is 0 Å². The van der Waals surface area contributed by atoms with Crippen LogP contribution in [0.1, 0.15) is 64.6 Å². The van der Waals surface area contributed by atoms with Crippen LogP contribution in [-0.2, 0) is 17.8 Å². The Bertz CT molecular complexity index is 1440. The Kier molecular flexibility index (Phi) is 6.10. The Labute approximate surface area is 212 Å². The Morgan fingerprint density at radius 3 is 2.70 bits per heavy atom. The van der Waals surface area contributed by atoms with Crippen LogP contribution in [0.5, 0.6) is 5.75 Å². The van der Waals surface area contributed by atoms with E-state index in [9.17, 15) is 18.8 Å². The first-order valence-corrected chi connectivity index (χ1v) is 12.0. The molecule has 37 heavy (non-hydrogen) atoms. The summed E-state index contributed by atoms with van der Waals surface area (Å²) >= 11 is 0. The van der Waals surface area contributed by atoms with Gasteiger partial charge >= 0.3 is 0 Å². The number of pyridine rings is 2. The van der Waals surface area contributed by atoms with Crippen molar-refractivity contribution < 1.29 is 23.5 Å². The number of aromatic nitrogens is 2. The molecule has 0 saturated heterocycles. The molecule has 10 heteroatoms. The minimum absolute atomic E-state index is 0.129. The fourth-order valence-corrected chi connectivity index (χ4v) is 4.82. The molecule has 0 radical (unpaired) electrons. The number of primary amides is 1.